The van der Waals surface area contributed by atoms with Crippen LogP contribution in [0.4, 0.5) is 13.2 Å². The molecule has 0 unspecified atom stereocenters. The molecule has 0 aliphatic heterocycles. The van der Waals surface area contributed by atoms with Crippen LogP contribution < -0.4 is 0 Å². The average molecular weight is 276 g/mol. The molecule has 0 atom stereocenters. The normalized spacial score (nSPS) is 17.1. The van der Waals surface area contributed by atoms with Crippen molar-refractivity contribution < 1.29 is 13.2 Å². The summed E-state index contributed by atoms with van der Waals surface area (Å²) in [5.41, 5.74) is -0.649. The number of aromatic nitrogens is 3. The fourth-order valence-electron chi connectivity index (χ4n) is 1.96. The van der Waals surface area contributed by atoms with Gasteiger partial charge in [-0.05, 0) is 25.0 Å². The van der Waals surface area contributed by atoms with E-state index in [0.717, 1.165) is 31.4 Å². The standard InChI is InChI=1S/C11H9ClF3N3/c12-8-4-7(11(13,14)15)5-9-16-10(17-18(8)9)6-2-1-3-6/h4-6H,1-3H2. The number of halogens is 4. The van der Waals surface area contributed by atoms with E-state index in [1.54, 1.807) is 0 Å². The van der Waals surface area contributed by atoms with Gasteiger partial charge in [-0.2, -0.15) is 13.2 Å². The third-order valence-electron chi connectivity index (χ3n) is 3.21. The molecule has 18 heavy (non-hydrogen) atoms. The van der Waals surface area contributed by atoms with Crippen LogP contribution in [0.3, 0.4) is 0 Å². The van der Waals surface area contributed by atoms with E-state index in [2.05, 4.69) is 10.1 Å². The first kappa shape index (κ1) is 11.8. The van der Waals surface area contributed by atoms with Gasteiger partial charge in [0, 0.05) is 5.92 Å². The molecular formula is C11H9ClF3N3. The molecule has 2 aromatic heterocycles. The van der Waals surface area contributed by atoms with Gasteiger partial charge in [0.25, 0.3) is 0 Å². The van der Waals surface area contributed by atoms with Crippen molar-refractivity contribution in [2.75, 3.05) is 0 Å². The maximum atomic E-state index is 12.6. The van der Waals surface area contributed by atoms with Gasteiger partial charge < -0.3 is 0 Å². The first-order chi connectivity index (χ1) is 8.45. The van der Waals surface area contributed by atoms with Crippen LogP contribution in [-0.2, 0) is 6.18 Å². The summed E-state index contributed by atoms with van der Waals surface area (Å²) in [5.74, 6) is 0.845. The van der Waals surface area contributed by atoms with Gasteiger partial charge >= 0.3 is 6.18 Å². The van der Waals surface area contributed by atoms with Gasteiger partial charge in [-0.25, -0.2) is 9.50 Å². The van der Waals surface area contributed by atoms with Crippen molar-refractivity contribution in [1.82, 2.24) is 14.6 Å². The lowest BCUT2D eigenvalue weighted by atomic mass is 9.85. The zero-order valence-electron chi connectivity index (χ0n) is 9.21. The molecule has 0 amide bonds. The molecule has 1 aliphatic carbocycles. The summed E-state index contributed by atoms with van der Waals surface area (Å²) >= 11 is 5.81. The number of rotatable bonds is 1. The van der Waals surface area contributed by atoms with Crippen LogP contribution in [0.15, 0.2) is 12.1 Å². The number of pyridine rings is 1. The monoisotopic (exact) mass is 275 g/mol. The topological polar surface area (TPSA) is 30.2 Å². The van der Waals surface area contributed by atoms with E-state index in [4.69, 9.17) is 11.6 Å². The van der Waals surface area contributed by atoms with Gasteiger partial charge in [0.1, 0.15) is 5.15 Å². The lowest BCUT2D eigenvalue weighted by Gasteiger charge is -2.21. The Hall–Kier alpha value is -1.30. The number of hydrogen-bond acceptors (Lipinski definition) is 2. The Morgan fingerprint density at radius 3 is 2.56 bits per heavy atom. The molecule has 7 heteroatoms. The third-order valence-corrected chi connectivity index (χ3v) is 3.48. The molecule has 2 aromatic rings. The minimum atomic E-state index is -4.42. The number of nitrogens with zero attached hydrogens (tertiary/aromatic N) is 3. The van der Waals surface area contributed by atoms with Gasteiger partial charge in [0.2, 0.25) is 0 Å². The summed E-state index contributed by atoms with van der Waals surface area (Å²) in [6.45, 7) is 0. The third kappa shape index (κ3) is 1.84. The van der Waals surface area contributed by atoms with Crippen molar-refractivity contribution in [3.05, 3.63) is 28.7 Å². The summed E-state index contributed by atoms with van der Waals surface area (Å²) < 4.78 is 39.1. The van der Waals surface area contributed by atoms with Crippen LogP contribution in [0.5, 0.6) is 0 Å². The van der Waals surface area contributed by atoms with E-state index in [1.807, 2.05) is 0 Å². The molecule has 96 valence electrons. The minimum absolute atomic E-state index is 0.0714. The second-order valence-electron chi connectivity index (χ2n) is 4.43. The molecule has 1 aliphatic rings. The second kappa shape index (κ2) is 3.85. The van der Waals surface area contributed by atoms with Crippen molar-refractivity contribution >= 4 is 17.2 Å². The molecule has 1 fully saturated rings. The highest BCUT2D eigenvalue weighted by Gasteiger charge is 2.32. The van der Waals surface area contributed by atoms with E-state index in [1.165, 1.54) is 4.52 Å². The smallest absolute Gasteiger partial charge is 0.212 e. The largest absolute Gasteiger partial charge is 0.416 e. The quantitative estimate of drug-likeness (QED) is 0.743. The number of hydrogen-bond donors (Lipinski definition) is 0. The Bertz CT molecular complexity index is 601. The molecule has 0 saturated heterocycles. The molecule has 2 heterocycles. The summed E-state index contributed by atoms with van der Waals surface area (Å²) in [6, 6.07) is 1.84. The van der Waals surface area contributed by atoms with Gasteiger partial charge in [0.05, 0.1) is 5.56 Å². The molecule has 1 saturated carbocycles. The first-order valence-electron chi connectivity index (χ1n) is 5.58. The number of alkyl halides is 3. The zero-order chi connectivity index (χ0) is 12.9. The van der Waals surface area contributed by atoms with E-state index >= 15 is 0 Å². The molecule has 0 bridgehead atoms. The average Bonchev–Trinajstić information content (AvgIpc) is 2.57. The summed E-state index contributed by atoms with van der Waals surface area (Å²) in [6.07, 6.45) is -1.34. The Labute approximate surface area is 106 Å². The Kier molecular flexibility index (Phi) is 2.52. The van der Waals surface area contributed by atoms with Gasteiger partial charge in [-0.1, -0.05) is 18.0 Å². The lowest BCUT2D eigenvalue weighted by molar-refractivity contribution is -0.137. The summed E-state index contributed by atoms with van der Waals surface area (Å²) in [5, 5.41) is 4.09. The maximum absolute atomic E-state index is 12.6. The molecule has 0 N–H and O–H groups in total. The SMILES string of the molecule is FC(F)(F)c1cc(Cl)n2nc(C3CCC3)nc2c1. The summed E-state index contributed by atoms with van der Waals surface area (Å²) in [7, 11) is 0. The Balaban J connectivity index is 2.12. The van der Waals surface area contributed by atoms with E-state index in [-0.39, 0.29) is 16.7 Å². The van der Waals surface area contributed by atoms with Crippen molar-refractivity contribution in [3.8, 4) is 0 Å². The van der Waals surface area contributed by atoms with Crippen LogP contribution >= 0.6 is 11.6 Å². The maximum Gasteiger partial charge on any atom is 0.416 e. The molecule has 3 nitrogen and oxygen atoms in total. The Morgan fingerprint density at radius 2 is 2.00 bits per heavy atom. The van der Waals surface area contributed by atoms with Crippen LogP contribution in [0, 0.1) is 0 Å². The van der Waals surface area contributed by atoms with Crippen molar-refractivity contribution in [1.29, 1.82) is 0 Å². The van der Waals surface area contributed by atoms with Gasteiger partial charge in [-0.15, -0.1) is 5.10 Å². The lowest BCUT2D eigenvalue weighted by Crippen LogP contribution is -2.10. The van der Waals surface area contributed by atoms with E-state index in [0.29, 0.717) is 5.82 Å². The highest BCUT2D eigenvalue weighted by Crippen LogP contribution is 2.36. The van der Waals surface area contributed by atoms with Crippen molar-refractivity contribution in [2.45, 2.75) is 31.4 Å². The molecule has 0 spiro atoms. The van der Waals surface area contributed by atoms with Crippen LogP contribution in [0.1, 0.15) is 36.6 Å². The molecule has 0 aromatic carbocycles. The van der Waals surface area contributed by atoms with Crippen LogP contribution in [0.2, 0.25) is 5.15 Å². The predicted molar refractivity (Wildman–Crippen MR) is 59.6 cm³/mol. The van der Waals surface area contributed by atoms with Gasteiger partial charge in [-0.3, -0.25) is 0 Å². The Morgan fingerprint density at radius 1 is 1.28 bits per heavy atom. The molecule has 3 rings (SSSR count). The highest BCUT2D eigenvalue weighted by atomic mass is 35.5. The fourth-order valence-corrected chi connectivity index (χ4v) is 2.21. The summed E-state index contributed by atoms with van der Waals surface area (Å²) in [4.78, 5) is 4.14. The molecule has 0 radical (unpaired) electrons. The zero-order valence-corrected chi connectivity index (χ0v) is 9.96. The predicted octanol–water partition coefficient (Wildman–Crippen LogP) is 3.67. The van der Waals surface area contributed by atoms with E-state index in [9.17, 15) is 13.2 Å². The molecular weight excluding hydrogens is 267 g/mol. The van der Waals surface area contributed by atoms with Crippen molar-refractivity contribution in [2.24, 2.45) is 0 Å². The highest BCUT2D eigenvalue weighted by molar-refractivity contribution is 6.29. The van der Waals surface area contributed by atoms with Gasteiger partial charge in [0.15, 0.2) is 11.5 Å². The minimum Gasteiger partial charge on any atom is -0.212 e. The van der Waals surface area contributed by atoms with E-state index < -0.39 is 11.7 Å². The first-order valence-corrected chi connectivity index (χ1v) is 5.96. The number of fused-ring (bicyclic) bond motifs is 1. The fraction of sp³-hybridized carbons (Fsp3) is 0.455. The van der Waals surface area contributed by atoms with Crippen LogP contribution in [0.25, 0.3) is 5.65 Å². The van der Waals surface area contributed by atoms with Crippen molar-refractivity contribution in [3.63, 3.8) is 0 Å². The van der Waals surface area contributed by atoms with Crippen LogP contribution in [-0.4, -0.2) is 14.6 Å². The second-order valence-corrected chi connectivity index (χ2v) is 4.82.